The predicted octanol–water partition coefficient (Wildman–Crippen LogP) is 6.96. The highest BCUT2D eigenvalue weighted by Crippen LogP contribution is 2.46. The van der Waals surface area contributed by atoms with Crippen molar-refractivity contribution >= 4 is 23.2 Å². The Labute approximate surface area is 217 Å². The number of rotatable bonds is 13. The van der Waals surface area contributed by atoms with Crippen molar-refractivity contribution in [1.29, 1.82) is 0 Å². The molecule has 2 atom stereocenters. The molecule has 0 aromatic heterocycles. The van der Waals surface area contributed by atoms with E-state index in [1.807, 2.05) is 24.3 Å². The summed E-state index contributed by atoms with van der Waals surface area (Å²) in [5, 5.41) is 0.0927. The van der Waals surface area contributed by atoms with Crippen LogP contribution >= 0.6 is 0 Å². The van der Waals surface area contributed by atoms with Gasteiger partial charge in [0.2, 0.25) is 14.9 Å². The standard InChI is InChI=1S/C28H48NO4Si2/c1-11-12-13-24(33-34(7)8)18-25-26(27(30)29(25)35(9,10)28(3,4)5)21(2)19-32-20-22-14-16-23(31-6)17-15-22/h14-17,24-25H,11-13,18-20H2,1-10H3/b26-21+/t24?,25-/m1/s1. The van der Waals surface area contributed by atoms with E-state index in [4.69, 9.17) is 13.9 Å². The second-order valence-corrected chi connectivity index (χ2v) is 18.7. The fourth-order valence-corrected chi connectivity index (χ4v) is 7.78. The molecule has 1 aromatic rings. The molecule has 1 saturated heterocycles. The molecule has 0 N–H and O–H groups in total. The number of amides is 1. The van der Waals surface area contributed by atoms with Gasteiger partial charge in [0, 0.05) is 11.7 Å². The van der Waals surface area contributed by atoms with E-state index in [0.717, 1.165) is 48.1 Å². The van der Waals surface area contributed by atoms with Crippen molar-refractivity contribution in [1.82, 2.24) is 4.57 Å². The molecule has 1 aliphatic rings. The van der Waals surface area contributed by atoms with Gasteiger partial charge in [-0.25, -0.2) is 0 Å². The van der Waals surface area contributed by atoms with Crippen molar-refractivity contribution in [3.63, 3.8) is 0 Å². The van der Waals surface area contributed by atoms with Crippen molar-refractivity contribution in [2.24, 2.45) is 0 Å². The first kappa shape index (κ1) is 29.8. The Morgan fingerprint density at radius 2 is 1.80 bits per heavy atom. The summed E-state index contributed by atoms with van der Waals surface area (Å²) >= 11 is 0. The Morgan fingerprint density at radius 1 is 1.17 bits per heavy atom. The lowest BCUT2D eigenvalue weighted by Gasteiger charge is -2.57. The van der Waals surface area contributed by atoms with Gasteiger partial charge in [-0.05, 0) is 61.2 Å². The zero-order valence-corrected chi connectivity index (χ0v) is 25.8. The van der Waals surface area contributed by atoms with Crippen LogP contribution in [0.1, 0.15) is 65.9 Å². The van der Waals surface area contributed by atoms with Gasteiger partial charge in [-0.15, -0.1) is 0 Å². The van der Waals surface area contributed by atoms with Crippen molar-refractivity contribution in [2.45, 2.75) is 110 Å². The largest absolute Gasteiger partial charge is 0.497 e. The predicted molar refractivity (Wildman–Crippen MR) is 150 cm³/mol. The van der Waals surface area contributed by atoms with Gasteiger partial charge in [-0.2, -0.15) is 0 Å². The number of nitrogens with zero attached hydrogens (tertiary/aromatic N) is 1. The molecule has 1 unspecified atom stereocenters. The maximum atomic E-state index is 13.6. The lowest BCUT2D eigenvalue weighted by atomic mass is 9.88. The number of hydrogen-bond donors (Lipinski definition) is 0. The Bertz CT molecular complexity index is 859. The smallest absolute Gasteiger partial charge is 0.244 e. The summed E-state index contributed by atoms with van der Waals surface area (Å²) in [5.41, 5.74) is 3.10. The lowest BCUT2D eigenvalue weighted by molar-refractivity contribution is -0.132. The van der Waals surface area contributed by atoms with E-state index in [-0.39, 0.29) is 23.1 Å². The van der Waals surface area contributed by atoms with Crippen LogP contribution in [0.5, 0.6) is 5.75 Å². The van der Waals surface area contributed by atoms with Crippen molar-refractivity contribution < 1.29 is 18.7 Å². The van der Waals surface area contributed by atoms with E-state index >= 15 is 0 Å². The molecule has 0 aliphatic carbocycles. The van der Waals surface area contributed by atoms with Gasteiger partial charge in [-0.1, -0.05) is 65.8 Å². The van der Waals surface area contributed by atoms with Gasteiger partial charge in [0.15, 0.2) is 8.24 Å². The second kappa shape index (κ2) is 12.7. The second-order valence-electron chi connectivity index (χ2n) is 11.6. The Kier molecular flexibility index (Phi) is 10.8. The molecule has 1 aliphatic heterocycles. The van der Waals surface area contributed by atoms with Crippen LogP contribution in [0.4, 0.5) is 0 Å². The van der Waals surface area contributed by atoms with Crippen LogP contribution in [0, 0.1) is 0 Å². The third-order valence-corrected chi connectivity index (χ3v) is 13.7. The Balaban J connectivity index is 2.24. The molecule has 197 valence electrons. The third kappa shape index (κ3) is 7.54. The maximum absolute atomic E-state index is 13.6. The Hall–Kier alpha value is -1.42. The molecule has 2 rings (SSSR count). The molecule has 0 bridgehead atoms. The van der Waals surface area contributed by atoms with E-state index in [1.165, 1.54) is 0 Å². The van der Waals surface area contributed by atoms with Crippen molar-refractivity contribution in [3.8, 4) is 5.75 Å². The number of β-lactam (4-membered cyclic amide) rings is 1. The highest BCUT2D eigenvalue weighted by Gasteiger charge is 2.55. The summed E-state index contributed by atoms with van der Waals surface area (Å²) in [7, 11) is -1.16. The third-order valence-electron chi connectivity index (χ3n) is 7.51. The number of carbonyl (C=O) groups is 1. The van der Waals surface area contributed by atoms with Crippen LogP contribution in [-0.4, -0.2) is 53.6 Å². The van der Waals surface area contributed by atoms with Crippen molar-refractivity contribution in [2.75, 3.05) is 13.7 Å². The quantitative estimate of drug-likeness (QED) is 0.161. The van der Waals surface area contributed by atoms with Gasteiger partial charge in [0.05, 0.1) is 26.4 Å². The number of ether oxygens (including phenoxy) is 2. The van der Waals surface area contributed by atoms with Crippen LogP contribution < -0.4 is 4.74 Å². The fraction of sp³-hybridized carbons (Fsp3) is 0.679. The van der Waals surface area contributed by atoms with E-state index in [2.05, 4.69) is 65.4 Å². The zero-order valence-electron chi connectivity index (χ0n) is 23.8. The summed E-state index contributed by atoms with van der Waals surface area (Å²) in [4.78, 5) is 13.6. The zero-order chi connectivity index (χ0) is 26.4. The molecule has 1 amide bonds. The first-order chi connectivity index (χ1) is 16.3. The molecule has 1 radical (unpaired) electrons. The summed E-state index contributed by atoms with van der Waals surface area (Å²) < 4.78 is 20.0. The molecule has 1 heterocycles. The average Bonchev–Trinajstić information content (AvgIpc) is 2.76. The number of hydrogen-bond acceptors (Lipinski definition) is 4. The first-order valence-electron chi connectivity index (χ1n) is 13.0. The lowest BCUT2D eigenvalue weighted by Crippen LogP contribution is -2.70. The molecule has 0 spiro atoms. The summed E-state index contributed by atoms with van der Waals surface area (Å²) in [6.07, 6.45) is 4.46. The van der Waals surface area contributed by atoms with Crippen LogP contribution in [0.3, 0.4) is 0 Å². The number of methoxy groups -OCH3 is 1. The van der Waals surface area contributed by atoms with Crippen LogP contribution in [-0.2, 0) is 20.6 Å². The molecular formula is C28H48NO4Si2. The van der Waals surface area contributed by atoms with E-state index < -0.39 is 17.3 Å². The van der Waals surface area contributed by atoms with Crippen LogP contribution in [0.15, 0.2) is 35.4 Å². The SMILES string of the molecule is CCCCC(C[C@@H]1/C(=C(/C)COCc2ccc(OC)cc2)C(=O)N1[Si](C)(C)C(C)(C)C)O[Si](C)C. The number of benzene rings is 1. The molecule has 7 heteroatoms. The van der Waals surface area contributed by atoms with Gasteiger partial charge in [0.1, 0.15) is 5.75 Å². The van der Waals surface area contributed by atoms with Gasteiger partial charge < -0.3 is 18.5 Å². The summed E-state index contributed by atoms with van der Waals surface area (Å²) in [5.74, 6) is 1.05. The Morgan fingerprint density at radius 3 is 2.31 bits per heavy atom. The van der Waals surface area contributed by atoms with Gasteiger partial charge >= 0.3 is 0 Å². The topological polar surface area (TPSA) is 48.0 Å². The van der Waals surface area contributed by atoms with E-state index in [0.29, 0.717) is 13.2 Å². The molecule has 5 nitrogen and oxygen atoms in total. The maximum Gasteiger partial charge on any atom is 0.244 e. The number of carbonyl (C=O) groups excluding carboxylic acids is 1. The molecule has 1 aromatic carbocycles. The van der Waals surface area contributed by atoms with Crippen LogP contribution in [0.2, 0.25) is 31.2 Å². The fourth-order valence-electron chi connectivity index (χ4n) is 4.53. The molecule has 0 saturated carbocycles. The molecule has 35 heavy (non-hydrogen) atoms. The minimum atomic E-state index is -2.02. The minimum absolute atomic E-state index is 0.0927. The normalized spacial score (nSPS) is 19.1. The first-order valence-corrected chi connectivity index (χ1v) is 18.4. The monoisotopic (exact) mass is 518 g/mol. The minimum Gasteiger partial charge on any atom is -0.497 e. The van der Waals surface area contributed by atoms with Crippen LogP contribution in [0.25, 0.3) is 0 Å². The van der Waals surface area contributed by atoms with Gasteiger partial charge in [-0.3, -0.25) is 4.79 Å². The molecule has 1 fully saturated rings. The average molecular weight is 519 g/mol. The van der Waals surface area contributed by atoms with Gasteiger partial charge in [0.25, 0.3) is 0 Å². The summed E-state index contributed by atoms with van der Waals surface area (Å²) in [6, 6.07) is 8.04. The number of unbranched alkanes of at least 4 members (excludes halogenated alkanes) is 1. The highest BCUT2D eigenvalue weighted by molar-refractivity contribution is 6.80. The molecular weight excluding hydrogens is 470 g/mol. The summed E-state index contributed by atoms with van der Waals surface area (Å²) in [6.45, 7) is 21.2. The van der Waals surface area contributed by atoms with Crippen molar-refractivity contribution in [3.05, 3.63) is 41.0 Å². The highest BCUT2D eigenvalue weighted by atomic mass is 28.3. The van der Waals surface area contributed by atoms with E-state index in [1.54, 1.807) is 7.11 Å². The van der Waals surface area contributed by atoms with E-state index in [9.17, 15) is 4.79 Å².